The first-order valence-corrected chi connectivity index (χ1v) is 9.11. The zero-order chi connectivity index (χ0) is 19.0. The molecule has 1 aromatic rings. The Labute approximate surface area is 152 Å². The van der Waals surface area contributed by atoms with E-state index in [1.807, 2.05) is 6.07 Å². The largest absolute Gasteiger partial charge is 0.445 e. The molecule has 1 unspecified atom stereocenters. The van der Waals surface area contributed by atoms with E-state index >= 15 is 0 Å². The van der Waals surface area contributed by atoms with Crippen molar-refractivity contribution in [3.63, 3.8) is 0 Å². The molecule has 1 saturated carbocycles. The number of nitrogens with zero attached hydrogens (tertiary/aromatic N) is 1. The lowest BCUT2D eigenvalue weighted by atomic mass is 9.85. The van der Waals surface area contributed by atoms with E-state index in [-0.39, 0.29) is 13.2 Å². The number of nitrogens with two attached hydrogens (primary N) is 1. The van der Waals surface area contributed by atoms with Crippen molar-refractivity contribution in [3.8, 4) is 0 Å². The molecule has 0 heterocycles. The number of carbonyl (C=O) groups is 1. The Kier molecular flexibility index (Phi) is 7.75. The van der Waals surface area contributed by atoms with Gasteiger partial charge in [0.05, 0.1) is 0 Å². The third kappa shape index (κ3) is 7.64. The molecule has 0 radical (unpaired) electrons. The van der Waals surface area contributed by atoms with Crippen LogP contribution in [0.3, 0.4) is 0 Å². The Morgan fingerprint density at radius 2 is 1.85 bits per heavy atom. The van der Waals surface area contributed by atoms with Crippen LogP contribution in [-0.2, 0) is 11.3 Å². The van der Waals surface area contributed by atoms with Gasteiger partial charge in [-0.25, -0.2) is 4.79 Å². The van der Waals surface area contributed by atoms with Gasteiger partial charge in [-0.05, 0) is 17.9 Å². The Hall–Kier alpha value is -1.76. The number of ether oxygens (including phenoxy) is 1. The van der Waals surface area contributed by atoms with E-state index in [1.54, 1.807) is 24.3 Å². The van der Waals surface area contributed by atoms with E-state index in [1.165, 1.54) is 6.42 Å². The first-order valence-electron chi connectivity index (χ1n) is 9.11. The molecular formula is C19H27F3N2O2. The number of hydrogen-bond acceptors (Lipinski definition) is 3. The Morgan fingerprint density at radius 1 is 1.19 bits per heavy atom. The molecule has 1 fully saturated rings. The molecule has 2 rings (SSSR count). The predicted octanol–water partition coefficient (Wildman–Crippen LogP) is 4.49. The minimum atomic E-state index is -4.49. The Balaban J connectivity index is 1.89. The van der Waals surface area contributed by atoms with Gasteiger partial charge in [-0.15, -0.1) is 0 Å². The van der Waals surface area contributed by atoms with E-state index in [0.29, 0.717) is 17.2 Å². The highest BCUT2D eigenvalue weighted by molar-refractivity contribution is 5.67. The summed E-state index contributed by atoms with van der Waals surface area (Å²) in [5, 5.41) is 0. The normalized spacial score (nSPS) is 16.9. The van der Waals surface area contributed by atoms with Gasteiger partial charge in [0.15, 0.2) is 0 Å². The van der Waals surface area contributed by atoms with Gasteiger partial charge < -0.3 is 10.5 Å². The van der Waals surface area contributed by atoms with Crippen LogP contribution < -0.4 is 5.73 Å². The molecule has 146 valence electrons. The maximum atomic E-state index is 12.8. The van der Waals surface area contributed by atoms with Crippen molar-refractivity contribution in [2.75, 3.05) is 13.1 Å². The van der Waals surface area contributed by atoms with Crippen LogP contribution in [0.15, 0.2) is 30.3 Å². The van der Waals surface area contributed by atoms with E-state index in [9.17, 15) is 18.0 Å². The molecule has 0 saturated heterocycles. The van der Waals surface area contributed by atoms with Crippen molar-refractivity contribution in [2.24, 2.45) is 11.7 Å². The summed E-state index contributed by atoms with van der Waals surface area (Å²) in [4.78, 5) is 12.8. The van der Waals surface area contributed by atoms with Crippen molar-refractivity contribution >= 4 is 6.09 Å². The van der Waals surface area contributed by atoms with Gasteiger partial charge in [0.25, 0.3) is 0 Å². The van der Waals surface area contributed by atoms with Gasteiger partial charge in [0.2, 0.25) is 0 Å². The van der Waals surface area contributed by atoms with E-state index < -0.39 is 24.9 Å². The number of benzene rings is 1. The van der Waals surface area contributed by atoms with Crippen LogP contribution in [0.4, 0.5) is 18.0 Å². The minimum Gasteiger partial charge on any atom is -0.445 e. The van der Waals surface area contributed by atoms with E-state index in [0.717, 1.165) is 31.2 Å². The predicted molar refractivity (Wildman–Crippen MR) is 93.4 cm³/mol. The number of halogens is 3. The molecule has 1 aromatic carbocycles. The summed E-state index contributed by atoms with van der Waals surface area (Å²) in [6.07, 6.45) is 0.779. The number of amides is 1. The fourth-order valence-corrected chi connectivity index (χ4v) is 3.44. The summed E-state index contributed by atoms with van der Waals surface area (Å²) in [5.74, 6) is 0.437. The summed E-state index contributed by atoms with van der Waals surface area (Å²) in [5.41, 5.74) is 6.77. The van der Waals surface area contributed by atoms with Crippen LogP contribution in [0.5, 0.6) is 0 Å². The molecule has 1 atom stereocenters. The van der Waals surface area contributed by atoms with Crippen molar-refractivity contribution in [2.45, 2.75) is 57.3 Å². The van der Waals surface area contributed by atoms with Crippen LogP contribution in [0.25, 0.3) is 0 Å². The molecule has 26 heavy (non-hydrogen) atoms. The summed E-state index contributed by atoms with van der Waals surface area (Å²) >= 11 is 0. The standard InChI is InChI=1S/C19H27F3N2O2/c20-19(21,22)14-24(12-17(23)11-15-7-3-1-4-8-15)18(25)26-13-16-9-5-2-6-10-16/h2,5-6,9-10,15,17H,1,3-4,7-8,11-14,23H2. The average molecular weight is 372 g/mol. The monoisotopic (exact) mass is 372 g/mol. The zero-order valence-corrected chi connectivity index (χ0v) is 14.9. The number of rotatable bonds is 7. The lowest BCUT2D eigenvalue weighted by Gasteiger charge is -2.29. The van der Waals surface area contributed by atoms with Crippen molar-refractivity contribution in [1.82, 2.24) is 4.90 Å². The van der Waals surface area contributed by atoms with Gasteiger partial charge in [-0.2, -0.15) is 13.2 Å². The van der Waals surface area contributed by atoms with Crippen LogP contribution in [0.2, 0.25) is 0 Å². The quantitative estimate of drug-likeness (QED) is 0.767. The van der Waals surface area contributed by atoms with Gasteiger partial charge in [-0.3, -0.25) is 4.90 Å². The fraction of sp³-hybridized carbons (Fsp3) is 0.632. The van der Waals surface area contributed by atoms with E-state index in [4.69, 9.17) is 10.5 Å². The lowest BCUT2D eigenvalue weighted by molar-refractivity contribution is -0.143. The van der Waals surface area contributed by atoms with Crippen molar-refractivity contribution in [3.05, 3.63) is 35.9 Å². The second-order valence-electron chi connectivity index (χ2n) is 7.04. The molecule has 1 aliphatic rings. The SMILES string of the molecule is NC(CC1CCCCC1)CN(CC(F)(F)F)C(=O)OCc1ccccc1. The number of carbonyl (C=O) groups excluding carboxylic acids is 1. The second-order valence-corrected chi connectivity index (χ2v) is 7.04. The van der Waals surface area contributed by atoms with Crippen LogP contribution in [-0.4, -0.2) is 36.3 Å². The first-order chi connectivity index (χ1) is 12.3. The number of hydrogen-bond donors (Lipinski definition) is 1. The van der Waals surface area contributed by atoms with Crippen molar-refractivity contribution in [1.29, 1.82) is 0 Å². The highest BCUT2D eigenvalue weighted by Gasteiger charge is 2.34. The zero-order valence-electron chi connectivity index (χ0n) is 14.9. The molecule has 1 aliphatic carbocycles. The minimum absolute atomic E-state index is 0.0636. The smallest absolute Gasteiger partial charge is 0.410 e. The van der Waals surface area contributed by atoms with Gasteiger partial charge >= 0.3 is 12.3 Å². The first kappa shape index (κ1) is 20.6. The molecule has 0 bridgehead atoms. The van der Waals surface area contributed by atoms with Crippen LogP contribution >= 0.6 is 0 Å². The second kappa shape index (κ2) is 9.80. The third-order valence-electron chi connectivity index (χ3n) is 4.65. The summed E-state index contributed by atoms with van der Waals surface area (Å²) in [7, 11) is 0. The van der Waals surface area contributed by atoms with Gasteiger partial charge in [0.1, 0.15) is 13.2 Å². The summed E-state index contributed by atoms with van der Waals surface area (Å²) in [6.45, 7) is -1.56. The summed E-state index contributed by atoms with van der Waals surface area (Å²) < 4.78 is 43.6. The molecule has 4 nitrogen and oxygen atoms in total. The molecule has 7 heteroatoms. The van der Waals surface area contributed by atoms with Gasteiger partial charge in [-0.1, -0.05) is 62.4 Å². The summed E-state index contributed by atoms with van der Waals surface area (Å²) in [6, 6.07) is 8.37. The highest BCUT2D eigenvalue weighted by Crippen LogP contribution is 2.27. The maximum absolute atomic E-state index is 12.8. The third-order valence-corrected chi connectivity index (χ3v) is 4.65. The Bertz CT molecular complexity index is 545. The van der Waals surface area contributed by atoms with Crippen LogP contribution in [0.1, 0.15) is 44.1 Å². The lowest BCUT2D eigenvalue weighted by Crippen LogP contribution is -2.46. The molecular weight excluding hydrogens is 345 g/mol. The molecule has 1 amide bonds. The molecule has 0 aromatic heterocycles. The van der Waals surface area contributed by atoms with Crippen molar-refractivity contribution < 1.29 is 22.7 Å². The van der Waals surface area contributed by atoms with E-state index in [2.05, 4.69) is 0 Å². The maximum Gasteiger partial charge on any atom is 0.410 e. The topological polar surface area (TPSA) is 55.6 Å². The Morgan fingerprint density at radius 3 is 2.46 bits per heavy atom. The fourth-order valence-electron chi connectivity index (χ4n) is 3.44. The highest BCUT2D eigenvalue weighted by atomic mass is 19.4. The average Bonchev–Trinajstić information content (AvgIpc) is 2.59. The van der Waals surface area contributed by atoms with Crippen LogP contribution in [0, 0.1) is 5.92 Å². The molecule has 0 aliphatic heterocycles. The number of alkyl halides is 3. The molecule has 2 N–H and O–H groups in total. The molecule has 0 spiro atoms. The van der Waals surface area contributed by atoms with Gasteiger partial charge in [0, 0.05) is 12.6 Å².